The van der Waals surface area contributed by atoms with Crippen molar-refractivity contribution in [3.63, 3.8) is 0 Å². The fourth-order valence-corrected chi connectivity index (χ4v) is 10.9. The number of ether oxygens (including phenoxy) is 4. The Morgan fingerprint density at radius 2 is 1.49 bits per heavy atom. The van der Waals surface area contributed by atoms with Crippen molar-refractivity contribution in [3.05, 3.63) is 29.8 Å². The Labute approximate surface area is 478 Å². The number of aliphatic hydroxyl groups excluding tert-OH is 1. The predicted octanol–water partition coefficient (Wildman–Crippen LogP) is 3.22. The van der Waals surface area contributed by atoms with Crippen LogP contribution in [0.15, 0.2) is 24.3 Å². The van der Waals surface area contributed by atoms with Crippen LogP contribution in [0.3, 0.4) is 0 Å². The van der Waals surface area contributed by atoms with Gasteiger partial charge >= 0.3 is 11.9 Å². The molecule has 0 bridgehead atoms. The second-order valence-corrected chi connectivity index (χ2v) is 23.5. The minimum absolute atomic E-state index is 0.0818. The van der Waals surface area contributed by atoms with Crippen LogP contribution in [0.5, 0.6) is 5.75 Å². The highest BCUT2D eigenvalue weighted by molar-refractivity contribution is 6.05. The highest BCUT2D eigenvalue weighted by atomic mass is 16.6. The van der Waals surface area contributed by atoms with Crippen molar-refractivity contribution in [2.75, 3.05) is 47.9 Å². The lowest BCUT2D eigenvalue weighted by Crippen LogP contribution is -2.58. The molecule has 1 aromatic carbocycles. The molecule has 0 aliphatic carbocycles. The Kier molecular flexibility index (Phi) is 25.6. The maximum Gasteiger partial charge on any atom is 0.329 e. The molecule has 0 unspecified atom stereocenters. The molecular formula is C59H93N7O15. The normalized spacial score (nSPS) is 27.3. The number of esters is 2. The van der Waals surface area contributed by atoms with E-state index in [9.17, 15) is 48.3 Å². The summed E-state index contributed by atoms with van der Waals surface area (Å²) in [5.74, 6) is -10.3. The van der Waals surface area contributed by atoms with Crippen LogP contribution in [0.1, 0.15) is 133 Å². The number of cyclic esters (lactones) is 2. The van der Waals surface area contributed by atoms with Crippen molar-refractivity contribution in [1.29, 1.82) is 0 Å². The van der Waals surface area contributed by atoms with Gasteiger partial charge in [-0.2, -0.15) is 0 Å². The molecule has 7 amide bonds. The number of hydrogen-bond acceptors (Lipinski definition) is 15. The van der Waals surface area contributed by atoms with Gasteiger partial charge in [0.25, 0.3) is 5.91 Å². The van der Waals surface area contributed by atoms with E-state index in [-0.39, 0.29) is 56.5 Å². The molecule has 3 aliphatic rings. The second-order valence-electron chi connectivity index (χ2n) is 23.5. The Bertz CT molecular complexity index is 2360. The second kappa shape index (κ2) is 30.8. The SMILES string of the molecule is CC[C@H](C)[C@@H]1NC(=O)[C@@H](CNC(=O)[C@@H](CC(C)C)N(C)C(=O)[C@@H]2CCCN2C(=O)[C@H](C)O)[C@@H](C)OC(=O)[C@H](Cc2ccc(OC)cc2)N(C)C(=O)[C@@H]2CCCN2C(=O)[C@H](CC(C)C)NC(=O)[C@@H](C)C(=O)[C@H](C(C)C)OC(=O)C[C@H]1OC. The number of aliphatic hydroxyl groups is 1. The standard InChI is InChI=1S/C59H93N7O15/c1-16-35(8)49-47(79-15)30-48(68)81-51(34(6)7)50(69)36(9)52(70)61-42(27-32(2)3)56(74)66-26-18-20-44(66)58(76)64(13)46(29-39-21-23-40(78-14)24-22-39)59(77)80-38(11)41(53(71)62-49)31-60-54(72)45(28-33(4)5)63(12)57(75)43-19-17-25-65(43)55(73)37(10)67/h21-24,32-38,41-47,49,51,67H,16-20,25-31H2,1-15H3,(H,60,72)(H,61,70)(H,62,71)/t35-,36-,37-,38+,41-,42-,43-,44-,45+,46-,47+,49-,51-/m0/s1. The van der Waals surface area contributed by atoms with E-state index in [1.54, 1.807) is 38.1 Å². The molecule has 1 aromatic rings. The molecular weight excluding hydrogens is 1050 g/mol. The first kappa shape index (κ1) is 67.3. The predicted molar refractivity (Wildman–Crippen MR) is 300 cm³/mol. The number of benzene rings is 1. The van der Waals surface area contributed by atoms with E-state index in [4.69, 9.17) is 18.9 Å². The summed E-state index contributed by atoms with van der Waals surface area (Å²) in [6.45, 7) is 18.7. The largest absolute Gasteiger partial charge is 0.497 e. The summed E-state index contributed by atoms with van der Waals surface area (Å²) in [5.41, 5.74) is 0.609. The first-order valence-corrected chi connectivity index (χ1v) is 28.9. The van der Waals surface area contributed by atoms with Crippen LogP contribution in [-0.2, 0) is 68.6 Å². The quantitative estimate of drug-likeness (QED) is 0.129. The number of Topliss-reactive ketones (excluding diaryl/α,β-unsaturated/α-hetero) is 1. The average Bonchev–Trinajstić information content (AvgIpc) is 4.23. The van der Waals surface area contributed by atoms with Crippen LogP contribution < -0.4 is 20.7 Å². The number of fused-ring (bicyclic) bond motifs is 1. The zero-order valence-corrected chi connectivity index (χ0v) is 50.5. The zero-order chi connectivity index (χ0) is 60.7. The first-order chi connectivity index (χ1) is 38.1. The third-order valence-corrected chi connectivity index (χ3v) is 16.1. The molecule has 22 nitrogen and oxygen atoms in total. The maximum atomic E-state index is 15.1. The lowest BCUT2D eigenvalue weighted by atomic mass is 9.90. The summed E-state index contributed by atoms with van der Waals surface area (Å²) in [4.78, 5) is 149. The van der Waals surface area contributed by atoms with Gasteiger partial charge in [-0.05, 0) is 101 Å². The summed E-state index contributed by atoms with van der Waals surface area (Å²) in [7, 11) is 5.76. The van der Waals surface area contributed by atoms with Crippen LogP contribution >= 0.6 is 0 Å². The molecule has 22 heteroatoms. The Hall–Kier alpha value is -6.16. The Morgan fingerprint density at radius 1 is 0.852 bits per heavy atom. The van der Waals surface area contributed by atoms with Gasteiger partial charge in [0.05, 0.1) is 37.5 Å². The Morgan fingerprint density at radius 3 is 2.06 bits per heavy atom. The molecule has 0 radical (unpaired) electrons. The van der Waals surface area contributed by atoms with Crippen LogP contribution in [0.4, 0.5) is 0 Å². The number of carbonyl (C=O) groups is 10. The van der Waals surface area contributed by atoms with Gasteiger partial charge in [-0.25, -0.2) is 4.79 Å². The molecule has 454 valence electrons. The molecule has 0 saturated carbocycles. The molecule has 13 atom stereocenters. The number of rotatable bonds is 17. The van der Waals surface area contributed by atoms with Gasteiger partial charge in [0, 0.05) is 47.3 Å². The van der Waals surface area contributed by atoms with E-state index in [1.807, 2.05) is 41.5 Å². The number of nitrogens with zero attached hydrogens (tertiary/aromatic N) is 4. The number of nitrogens with one attached hydrogen (secondary N) is 3. The van der Waals surface area contributed by atoms with Crippen molar-refractivity contribution in [2.45, 2.75) is 195 Å². The zero-order valence-electron chi connectivity index (χ0n) is 50.5. The van der Waals surface area contributed by atoms with E-state index >= 15 is 4.79 Å². The van der Waals surface area contributed by atoms with Crippen LogP contribution in [0.25, 0.3) is 0 Å². The molecule has 3 aliphatic heterocycles. The van der Waals surface area contributed by atoms with E-state index in [0.29, 0.717) is 37.0 Å². The van der Waals surface area contributed by atoms with E-state index in [1.165, 1.54) is 68.7 Å². The van der Waals surface area contributed by atoms with E-state index < -0.39 is 150 Å². The van der Waals surface area contributed by atoms with Crippen LogP contribution in [-0.4, -0.2) is 192 Å². The summed E-state index contributed by atoms with van der Waals surface area (Å²) in [6.07, 6.45) is -3.37. The lowest BCUT2D eigenvalue weighted by Gasteiger charge is -2.36. The van der Waals surface area contributed by atoms with Gasteiger partial charge in [0.2, 0.25) is 35.4 Å². The molecule has 3 heterocycles. The molecule has 81 heavy (non-hydrogen) atoms. The maximum absolute atomic E-state index is 15.1. The minimum atomic E-state index is -1.39. The van der Waals surface area contributed by atoms with Crippen molar-refractivity contribution >= 4 is 59.1 Å². The number of likely N-dealkylation sites (tertiary alicyclic amines) is 1. The van der Waals surface area contributed by atoms with Crippen molar-refractivity contribution in [3.8, 4) is 5.75 Å². The number of ketones is 1. The number of amides is 7. The van der Waals surface area contributed by atoms with Gasteiger partial charge in [0.15, 0.2) is 11.9 Å². The number of hydrogen-bond donors (Lipinski definition) is 4. The van der Waals surface area contributed by atoms with Gasteiger partial charge in [-0.3, -0.25) is 43.2 Å². The van der Waals surface area contributed by atoms with Crippen molar-refractivity contribution < 1.29 is 72.0 Å². The smallest absolute Gasteiger partial charge is 0.329 e. The molecule has 0 aromatic heterocycles. The molecule has 3 saturated heterocycles. The summed E-state index contributed by atoms with van der Waals surface area (Å²) >= 11 is 0. The first-order valence-electron chi connectivity index (χ1n) is 28.9. The highest BCUT2D eigenvalue weighted by Gasteiger charge is 2.45. The van der Waals surface area contributed by atoms with Gasteiger partial charge in [-0.1, -0.05) is 73.9 Å². The van der Waals surface area contributed by atoms with E-state index in [0.717, 1.165) is 0 Å². The summed E-state index contributed by atoms with van der Waals surface area (Å²) in [6, 6.07) is 0.342. The van der Waals surface area contributed by atoms with Crippen molar-refractivity contribution in [2.24, 2.45) is 35.5 Å². The minimum Gasteiger partial charge on any atom is -0.497 e. The number of likely N-dealkylation sites (N-methyl/N-ethyl adjacent to an activating group) is 2. The monoisotopic (exact) mass is 1140 g/mol. The lowest BCUT2D eigenvalue weighted by molar-refractivity contribution is -0.164. The van der Waals surface area contributed by atoms with Gasteiger partial charge < -0.3 is 59.6 Å². The summed E-state index contributed by atoms with van der Waals surface area (Å²) < 4.78 is 23.4. The Balaban J connectivity index is 1.86. The van der Waals surface area contributed by atoms with Crippen LogP contribution in [0, 0.1) is 35.5 Å². The molecule has 0 spiro atoms. The topological polar surface area (TPSA) is 277 Å². The average molecular weight is 1140 g/mol. The molecule has 3 fully saturated rings. The molecule has 4 rings (SSSR count). The van der Waals surface area contributed by atoms with Gasteiger partial charge in [0.1, 0.15) is 48.2 Å². The molecule has 4 N–H and O–H groups in total. The van der Waals surface area contributed by atoms with Crippen LogP contribution in [0.2, 0.25) is 0 Å². The fourth-order valence-electron chi connectivity index (χ4n) is 10.9. The van der Waals surface area contributed by atoms with E-state index in [2.05, 4.69) is 16.0 Å². The summed E-state index contributed by atoms with van der Waals surface area (Å²) in [5, 5.41) is 18.8. The third-order valence-electron chi connectivity index (χ3n) is 16.1. The third kappa shape index (κ3) is 17.7. The highest BCUT2D eigenvalue weighted by Crippen LogP contribution is 2.28. The number of carbonyl (C=O) groups excluding carboxylic acids is 10. The van der Waals surface area contributed by atoms with Gasteiger partial charge in [-0.15, -0.1) is 0 Å². The fraction of sp³-hybridized carbons (Fsp3) is 0.729. The van der Waals surface area contributed by atoms with Crippen molar-refractivity contribution in [1.82, 2.24) is 35.6 Å². The number of methoxy groups -OCH3 is 2.